The summed E-state index contributed by atoms with van der Waals surface area (Å²) >= 11 is 11.5. The van der Waals surface area contributed by atoms with Gasteiger partial charge in [0.15, 0.2) is 0 Å². The molecule has 1 aliphatic heterocycles. The van der Waals surface area contributed by atoms with Crippen molar-refractivity contribution in [3.8, 4) is 0 Å². The van der Waals surface area contributed by atoms with E-state index in [1.165, 1.54) is 12.1 Å². The second kappa shape index (κ2) is 5.87. The van der Waals surface area contributed by atoms with Crippen LogP contribution in [0.15, 0.2) is 12.1 Å². The summed E-state index contributed by atoms with van der Waals surface area (Å²) in [5.41, 5.74) is 0.407. The van der Waals surface area contributed by atoms with Gasteiger partial charge in [0, 0.05) is 12.2 Å². The predicted octanol–water partition coefficient (Wildman–Crippen LogP) is 2.69. The first kappa shape index (κ1) is 13.6. The van der Waals surface area contributed by atoms with Crippen molar-refractivity contribution in [2.75, 3.05) is 6.61 Å². The Bertz CT molecular complexity index is 427. The fraction of sp³-hybridized carbons (Fsp3) is 0.500. The molecule has 1 aliphatic rings. The molecule has 0 bridgehead atoms. The first-order valence-corrected chi connectivity index (χ1v) is 6.57. The molecule has 0 radical (unpaired) electrons. The Morgan fingerprint density at radius 1 is 1.50 bits per heavy atom. The van der Waals surface area contributed by atoms with Gasteiger partial charge < -0.3 is 10.1 Å². The summed E-state index contributed by atoms with van der Waals surface area (Å²) < 4.78 is 5.52. The second-order valence-electron chi connectivity index (χ2n) is 4.31. The zero-order chi connectivity index (χ0) is 13.1. The third-order valence-electron chi connectivity index (χ3n) is 2.91. The summed E-state index contributed by atoms with van der Waals surface area (Å²) in [6.07, 6.45) is 2.10. The van der Waals surface area contributed by atoms with E-state index in [0.29, 0.717) is 5.56 Å². The molecule has 2 rings (SSSR count). The Balaban J connectivity index is 2.02. The molecule has 2 heterocycles. The zero-order valence-electron chi connectivity index (χ0n) is 9.95. The molecule has 1 saturated heterocycles. The van der Waals surface area contributed by atoms with Gasteiger partial charge in [-0.1, -0.05) is 23.2 Å². The topological polar surface area (TPSA) is 51.2 Å². The second-order valence-corrected chi connectivity index (χ2v) is 5.09. The number of amides is 1. The van der Waals surface area contributed by atoms with Gasteiger partial charge in [-0.3, -0.25) is 4.79 Å². The molecule has 1 N–H and O–H groups in total. The van der Waals surface area contributed by atoms with Crippen molar-refractivity contribution in [2.24, 2.45) is 0 Å². The van der Waals surface area contributed by atoms with Gasteiger partial charge in [0.05, 0.1) is 12.1 Å². The summed E-state index contributed by atoms with van der Waals surface area (Å²) in [5, 5.41) is 3.30. The lowest BCUT2D eigenvalue weighted by atomic mass is 10.1. The van der Waals surface area contributed by atoms with Crippen molar-refractivity contribution < 1.29 is 9.53 Å². The maximum atomic E-state index is 12.0. The molecule has 0 aromatic carbocycles. The average molecular weight is 289 g/mol. The van der Waals surface area contributed by atoms with E-state index < -0.39 is 0 Å². The highest BCUT2D eigenvalue weighted by Gasteiger charge is 2.24. The van der Waals surface area contributed by atoms with E-state index in [1.807, 2.05) is 6.92 Å². The Hall–Kier alpha value is -0.840. The van der Waals surface area contributed by atoms with Crippen molar-refractivity contribution in [1.29, 1.82) is 0 Å². The van der Waals surface area contributed by atoms with Crippen molar-refractivity contribution in [3.63, 3.8) is 0 Å². The predicted molar refractivity (Wildman–Crippen MR) is 70.2 cm³/mol. The van der Waals surface area contributed by atoms with Crippen LogP contribution in [0.1, 0.15) is 30.1 Å². The highest BCUT2D eigenvalue weighted by Crippen LogP contribution is 2.17. The van der Waals surface area contributed by atoms with Crippen LogP contribution in [0.2, 0.25) is 10.3 Å². The SMILES string of the molecule is C[C@H](NC(=O)c1cc(Cl)nc(Cl)c1)[C@H]1CCCO1. The van der Waals surface area contributed by atoms with E-state index in [-0.39, 0.29) is 28.4 Å². The summed E-state index contributed by atoms with van der Waals surface area (Å²) in [7, 11) is 0. The lowest BCUT2D eigenvalue weighted by Crippen LogP contribution is -2.40. The van der Waals surface area contributed by atoms with Crippen LogP contribution < -0.4 is 5.32 Å². The molecular formula is C12H14Cl2N2O2. The van der Waals surface area contributed by atoms with Gasteiger partial charge >= 0.3 is 0 Å². The van der Waals surface area contributed by atoms with E-state index in [4.69, 9.17) is 27.9 Å². The third kappa shape index (κ3) is 3.34. The molecule has 98 valence electrons. The Morgan fingerprint density at radius 2 is 2.17 bits per heavy atom. The van der Waals surface area contributed by atoms with Crippen LogP contribution in [-0.4, -0.2) is 29.6 Å². The highest BCUT2D eigenvalue weighted by atomic mass is 35.5. The molecule has 1 aromatic heterocycles. The van der Waals surface area contributed by atoms with Crippen LogP contribution in [0, 0.1) is 0 Å². The Morgan fingerprint density at radius 3 is 2.72 bits per heavy atom. The third-order valence-corrected chi connectivity index (χ3v) is 3.29. The van der Waals surface area contributed by atoms with Crippen LogP contribution in [0.3, 0.4) is 0 Å². The Kier molecular flexibility index (Phi) is 4.43. The van der Waals surface area contributed by atoms with E-state index in [1.54, 1.807) is 0 Å². The number of rotatable bonds is 3. The van der Waals surface area contributed by atoms with Crippen LogP contribution in [0.5, 0.6) is 0 Å². The molecule has 1 amide bonds. The fourth-order valence-corrected chi connectivity index (χ4v) is 2.44. The number of ether oxygens (including phenoxy) is 1. The number of pyridine rings is 1. The van der Waals surface area contributed by atoms with Gasteiger partial charge in [0.25, 0.3) is 5.91 Å². The minimum Gasteiger partial charge on any atom is -0.376 e. The molecule has 0 unspecified atom stereocenters. The monoisotopic (exact) mass is 288 g/mol. The van der Waals surface area contributed by atoms with E-state index >= 15 is 0 Å². The normalized spacial score (nSPS) is 20.7. The number of nitrogens with zero attached hydrogens (tertiary/aromatic N) is 1. The number of aromatic nitrogens is 1. The minimum absolute atomic E-state index is 0.0364. The quantitative estimate of drug-likeness (QED) is 0.870. The van der Waals surface area contributed by atoms with Gasteiger partial charge in [-0.15, -0.1) is 0 Å². The molecule has 4 nitrogen and oxygen atoms in total. The standard InChI is InChI=1S/C12H14Cl2N2O2/c1-7(9-3-2-4-18-9)15-12(17)8-5-10(13)16-11(14)6-8/h5-7,9H,2-4H2,1H3,(H,15,17)/t7-,9+/m0/s1. The van der Waals surface area contributed by atoms with Gasteiger partial charge in [-0.25, -0.2) is 4.98 Å². The van der Waals surface area contributed by atoms with Crippen molar-refractivity contribution in [3.05, 3.63) is 28.0 Å². The van der Waals surface area contributed by atoms with Gasteiger partial charge in [-0.2, -0.15) is 0 Å². The number of hydrogen-bond acceptors (Lipinski definition) is 3. The molecule has 0 aliphatic carbocycles. The number of hydrogen-bond donors (Lipinski definition) is 1. The summed E-state index contributed by atoms with van der Waals surface area (Å²) in [5.74, 6) is -0.218. The summed E-state index contributed by atoms with van der Waals surface area (Å²) in [4.78, 5) is 15.8. The van der Waals surface area contributed by atoms with Crippen LogP contribution in [0.4, 0.5) is 0 Å². The summed E-state index contributed by atoms with van der Waals surface area (Å²) in [6.45, 7) is 2.69. The number of carbonyl (C=O) groups is 1. The van der Waals surface area contributed by atoms with E-state index in [2.05, 4.69) is 10.3 Å². The Labute approximate surface area is 116 Å². The lowest BCUT2D eigenvalue weighted by Gasteiger charge is -2.20. The number of nitrogens with one attached hydrogen (secondary N) is 1. The maximum Gasteiger partial charge on any atom is 0.251 e. The van der Waals surface area contributed by atoms with Crippen molar-refractivity contribution in [1.82, 2.24) is 10.3 Å². The van der Waals surface area contributed by atoms with Crippen LogP contribution in [-0.2, 0) is 4.74 Å². The fourth-order valence-electron chi connectivity index (χ4n) is 1.98. The first-order chi connectivity index (χ1) is 8.56. The molecule has 1 aromatic rings. The number of carbonyl (C=O) groups excluding carboxylic acids is 1. The zero-order valence-corrected chi connectivity index (χ0v) is 11.5. The largest absolute Gasteiger partial charge is 0.376 e. The summed E-state index contributed by atoms with van der Waals surface area (Å²) in [6, 6.07) is 2.95. The minimum atomic E-state index is -0.218. The van der Waals surface area contributed by atoms with Crippen molar-refractivity contribution >= 4 is 29.1 Å². The molecule has 2 atom stereocenters. The van der Waals surface area contributed by atoms with E-state index in [0.717, 1.165) is 19.4 Å². The molecule has 6 heteroatoms. The smallest absolute Gasteiger partial charge is 0.251 e. The number of halogens is 2. The first-order valence-electron chi connectivity index (χ1n) is 5.82. The van der Waals surface area contributed by atoms with Gasteiger partial charge in [-0.05, 0) is 31.9 Å². The maximum absolute atomic E-state index is 12.0. The average Bonchev–Trinajstić information content (AvgIpc) is 2.80. The molecule has 0 spiro atoms. The van der Waals surface area contributed by atoms with Gasteiger partial charge in [0.1, 0.15) is 10.3 Å². The lowest BCUT2D eigenvalue weighted by molar-refractivity contribution is 0.0712. The molecule has 0 saturated carbocycles. The molecule has 1 fully saturated rings. The molecular weight excluding hydrogens is 275 g/mol. The van der Waals surface area contributed by atoms with Crippen LogP contribution in [0.25, 0.3) is 0 Å². The van der Waals surface area contributed by atoms with Crippen LogP contribution >= 0.6 is 23.2 Å². The van der Waals surface area contributed by atoms with Crippen molar-refractivity contribution in [2.45, 2.75) is 31.9 Å². The van der Waals surface area contributed by atoms with Gasteiger partial charge in [0.2, 0.25) is 0 Å². The highest BCUT2D eigenvalue weighted by molar-refractivity contribution is 6.33. The molecule has 18 heavy (non-hydrogen) atoms. The van der Waals surface area contributed by atoms with E-state index in [9.17, 15) is 4.79 Å².